The van der Waals surface area contributed by atoms with E-state index in [9.17, 15) is 14.0 Å². The van der Waals surface area contributed by atoms with Crippen LogP contribution in [0.2, 0.25) is 0 Å². The van der Waals surface area contributed by atoms with E-state index < -0.39 is 17.9 Å². The van der Waals surface area contributed by atoms with Crippen LogP contribution in [0.5, 0.6) is 0 Å². The molecule has 3 aromatic carbocycles. The van der Waals surface area contributed by atoms with Crippen LogP contribution in [0.4, 0.5) is 15.8 Å². The van der Waals surface area contributed by atoms with Crippen LogP contribution in [0.1, 0.15) is 21.6 Å². The van der Waals surface area contributed by atoms with Gasteiger partial charge in [-0.15, -0.1) is 0 Å². The predicted octanol–water partition coefficient (Wildman–Crippen LogP) is 3.67. The van der Waals surface area contributed by atoms with Gasteiger partial charge < -0.3 is 20.5 Å². The first kappa shape index (κ1) is 20.2. The molecule has 0 radical (unpaired) electrons. The molecule has 2 aliphatic rings. The number of benzene rings is 3. The van der Waals surface area contributed by atoms with E-state index in [0.717, 1.165) is 16.6 Å². The third kappa shape index (κ3) is 3.23. The van der Waals surface area contributed by atoms with Crippen molar-refractivity contribution in [3.05, 3.63) is 95.4 Å². The summed E-state index contributed by atoms with van der Waals surface area (Å²) in [5, 5.41) is 6.94. The van der Waals surface area contributed by atoms with E-state index in [1.54, 1.807) is 29.2 Å². The number of anilines is 2. The summed E-state index contributed by atoms with van der Waals surface area (Å²) in [4.78, 5) is 36.1. The van der Waals surface area contributed by atoms with E-state index in [4.69, 9.17) is 0 Å². The van der Waals surface area contributed by atoms with Crippen LogP contribution in [0.3, 0.4) is 0 Å². The van der Waals surface area contributed by atoms with Crippen LogP contribution in [0.25, 0.3) is 10.9 Å². The zero-order chi connectivity index (χ0) is 23.2. The molecule has 4 aromatic rings. The van der Waals surface area contributed by atoms with Crippen molar-refractivity contribution in [3.63, 3.8) is 0 Å². The molecule has 1 atom stereocenters. The molecule has 168 valence electrons. The van der Waals surface area contributed by atoms with E-state index in [1.807, 2.05) is 42.5 Å². The average molecular weight is 453 g/mol. The summed E-state index contributed by atoms with van der Waals surface area (Å²) >= 11 is 0. The van der Waals surface area contributed by atoms with Crippen LogP contribution in [0, 0.1) is 5.82 Å². The largest absolute Gasteiger partial charge is 0.382 e. The van der Waals surface area contributed by atoms with Crippen molar-refractivity contribution >= 4 is 39.8 Å². The first-order chi connectivity index (χ1) is 16.6. The summed E-state index contributed by atoms with van der Waals surface area (Å²) in [5.74, 6) is -1.29. The van der Waals surface area contributed by atoms with Gasteiger partial charge >= 0.3 is 0 Å². The maximum atomic E-state index is 14.9. The number of aromatic nitrogens is 1. The monoisotopic (exact) mass is 453 g/mol. The molecule has 0 spiro atoms. The van der Waals surface area contributed by atoms with Gasteiger partial charge in [0.25, 0.3) is 11.8 Å². The number of amides is 2. The Morgan fingerprint density at radius 2 is 1.82 bits per heavy atom. The van der Waals surface area contributed by atoms with E-state index in [1.165, 1.54) is 6.07 Å². The van der Waals surface area contributed by atoms with Gasteiger partial charge in [0.2, 0.25) is 6.17 Å². The Bertz CT molecular complexity index is 1460. The van der Waals surface area contributed by atoms with Gasteiger partial charge in [-0.25, -0.2) is 9.38 Å². The molecule has 0 saturated heterocycles. The molecule has 6 rings (SSSR count). The van der Waals surface area contributed by atoms with Crippen LogP contribution in [0.15, 0.2) is 77.8 Å². The number of carbonyl (C=O) groups is 2. The van der Waals surface area contributed by atoms with E-state index >= 15 is 0 Å². The summed E-state index contributed by atoms with van der Waals surface area (Å²) in [6.45, 7) is 0.960. The van der Waals surface area contributed by atoms with Gasteiger partial charge in [0.1, 0.15) is 11.5 Å². The lowest BCUT2D eigenvalue weighted by Gasteiger charge is -2.32. The lowest BCUT2D eigenvalue weighted by atomic mass is 9.98. The van der Waals surface area contributed by atoms with Crippen molar-refractivity contribution in [2.75, 3.05) is 23.3 Å². The summed E-state index contributed by atoms with van der Waals surface area (Å²) in [5.41, 5.74) is 3.75. The van der Waals surface area contributed by atoms with Crippen molar-refractivity contribution in [1.82, 2.24) is 10.3 Å². The Kier molecular flexibility index (Phi) is 4.65. The Labute approximate surface area is 194 Å². The molecule has 8 heteroatoms. The van der Waals surface area contributed by atoms with E-state index in [2.05, 4.69) is 20.6 Å². The van der Waals surface area contributed by atoms with E-state index in [0.29, 0.717) is 35.7 Å². The molecule has 0 bridgehead atoms. The molecule has 34 heavy (non-hydrogen) atoms. The van der Waals surface area contributed by atoms with Crippen molar-refractivity contribution in [3.8, 4) is 0 Å². The number of H-pyrrole nitrogens is 1. The number of nitrogens with one attached hydrogen (secondary N) is 3. The summed E-state index contributed by atoms with van der Waals surface area (Å²) in [6.07, 6.45) is -1.22. The van der Waals surface area contributed by atoms with Crippen molar-refractivity contribution < 1.29 is 14.0 Å². The molecular formula is C26H20FN5O2. The number of halogens is 1. The molecule has 7 nitrogen and oxygen atoms in total. The molecule has 2 aliphatic heterocycles. The molecule has 0 aliphatic carbocycles. The van der Waals surface area contributed by atoms with Crippen LogP contribution in [-0.4, -0.2) is 41.8 Å². The number of para-hydroxylation sites is 2. The average Bonchev–Trinajstić information content (AvgIpc) is 3.26. The van der Waals surface area contributed by atoms with Crippen LogP contribution in [-0.2, 0) is 4.79 Å². The van der Waals surface area contributed by atoms with Gasteiger partial charge in [-0.1, -0.05) is 42.5 Å². The second kappa shape index (κ2) is 7.84. The fourth-order valence-corrected chi connectivity index (χ4v) is 4.56. The topological polar surface area (TPSA) is 89.6 Å². The number of hydrogen-bond donors (Lipinski definition) is 3. The highest BCUT2D eigenvalue weighted by molar-refractivity contribution is 6.22. The number of aliphatic imine (C=N–C) groups is 1. The molecule has 2 amide bonds. The van der Waals surface area contributed by atoms with E-state index in [-0.39, 0.29) is 11.5 Å². The minimum atomic E-state index is -1.22. The minimum Gasteiger partial charge on any atom is -0.382 e. The van der Waals surface area contributed by atoms with Gasteiger partial charge in [-0.05, 0) is 30.3 Å². The fraction of sp³-hybridized carbons (Fsp3) is 0.115. The highest BCUT2D eigenvalue weighted by Gasteiger charge is 2.36. The fourth-order valence-electron chi connectivity index (χ4n) is 4.56. The molecule has 0 fully saturated rings. The lowest BCUT2D eigenvalue weighted by Crippen LogP contribution is -2.49. The van der Waals surface area contributed by atoms with Crippen molar-refractivity contribution in [1.29, 1.82) is 0 Å². The zero-order valence-electron chi connectivity index (χ0n) is 18.0. The number of aromatic amines is 1. The molecule has 1 unspecified atom stereocenters. The SMILES string of the molecule is O=C(NC1N=C(c2ccccc2F)c2cccc3c2N(CCN3)C1=O)c1cc2ccccc2[nH]1. The molecule has 3 N–H and O–H groups in total. The molecule has 0 saturated carbocycles. The maximum Gasteiger partial charge on any atom is 0.272 e. The van der Waals surface area contributed by atoms with Gasteiger partial charge in [0.05, 0.1) is 17.1 Å². The quantitative estimate of drug-likeness (QED) is 0.442. The number of nitrogens with zero attached hydrogens (tertiary/aromatic N) is 2. The zero-order valence-corrected chi connectivity index (χ0v) is 18.0. The Morgan fingerprint density at radius 3 is 2.68 bits per heavy atom. The number of carbonyl (C=O) groups excluding carboxylic acids is 2. The van der Waals surface area contributed by atoms with Gasteiger partial charge in [0, 0.05) is 35.1 Å². The Balaban J connectivity index is 1.46. The Hall–Kier alpha value is -4.46. The van der Waals surface area contributed by atoms with Crippen LogP contribution >= 0.6 is 0 Å². The first-order valence-corrected chi connectivity index (χ1v) is 11.0. The summed E-state index contributed by atoms with van der Waals surface area (Å²) < 4.78 is 14.9. The maximum absolute atomic E-state index is 14.9. The first-order valence-electron chi connectivity index (χ1n) is 11.0. The van der Waals surface area contributed by atoms with Crippen LogP contribution < -0.4 is 15.5 Å². The normalized spacial score (nSPS) is 17.0. The third-order valence-corrected chi connectivity index (χ3v) is 6.14. The predicted molar refractivity (Wildman–Crippen MR) is 129 cm³/mol. The number of hydrogen-bond acceptors (Lipinski definition) is 4. The highest BCUT2D eigenvalue weighted by Crippen LogP contribution is 2.37. The van der Waals surface area contributed by atoms with Gasteiger partial charge in [-0.2, -0.15) is 0 Å². The summed E-state index contributed by atoms with van der Waals surface area (Å²) in [7, 11) is 0. The smallest absolute Gasteiger partial charge is 0.272 e. The second-order valence-electron chi connectivity index (χ2n) is 8.22. The standard InChI is InChI=1S/C26H20FN5O2/c27-18-9-3-2-7-16(18)22-17-8-5-11-20-23(17)32(13-12-28-20)26(34)24(30-22)31-25(33)21-14-15-6-1-4-10-19(15)29-21/h1-11,14,24,28-29H,12-13H2,(H,31,33). The second-order valence-corrected chi connectivity index (χ2v) is 8.22. The van der Waals surface area contributed by atoms with Gasteiger partial charge in [0.15, 0.2) is 0 Å². The van der Waals surface area contributed by atoms with Crippen molar-refractivity contribution in [2.45, 2.75) is 6.17 Å². The number of rotatable bonds is 3. The number of fused-ring (bicyclic) bond motifs is 1. The molecule has 3 heterocycles. The Morgan fingerprint density at radius 1 is 1.03 bits per heavy atom. The molecule has 1 aromatic heterocycles. The van der Waals surface area contributed by atoms with Crippen molar-refractivity contribution in [2.24, 2.45) is 4.99 Å². The summed E-state index contributed by atoms with van der Waals surface area (Å²) in [6, 6.07) is 21.1. The third-order valence-electron chi connectivity index (χ3n) is 6.14. The minimum absolute atomic E-state index is 0.265. The lowest BCUT2D eigenvalue weighted by molar-refractivity contribution is -0.120. The van der Waals surface area contributed by atoms with Gasteiger partial charge in [-0.3, -0.25) is 9.59 Å². The molecular weight excluding hydrogens is 433 g/mol. The highest BCUT2D eigenvalue weighted by atomic mass is 19.1.